The zero-order valence-corrected chi connectivity index (χ0v) is 25.5. The maximum Gasteiger partial charge on any atom is 0.316 e. The molecule has 2 N–H and O–H groups in total. The van der Waals surface area contributed by atoms with Crippen molar-refractivity contribution in [1.29, 1.82) is 0 Å². The van der Waals surface area contributed by atoms with Gasteiger partial charge in [0.15, 0.2) is 0 Å². The number of ether oxygens (including phenoxy) is 1. The molecule has 1 atom stereocenters. The number of phenolic OH excluding ortho intramolecular Hbond substituents is 1. The minimum atomic E-state index is -0.118. The molecule has 1 amide bonds. The molecule has 1 aliphatic heterocycles. The molecule has 0 spiro atoms. The molecule has 41 heavy (non-hydrogen) atoms. The van der Waals surface area contributed by atoms with Crippen LogP contribution in [0, 0.1) is 19.3 Å². The van der Waals surface area contributed by atoms with Gasteiger partial charge in [0.1, 0.15) is 5.75 Å². The Bertz CT molecular complexity index is 1370. The molecule has 1 aromatic heterocycles. The van der Waals surface area contributed by atoms with E-state index in [0.29, 0.717) is 31.3 Å². The van der Waals surface area contributed by atoms with Gasteiger partial charge >= 0.3 is 6.01 Å². The fourth-order valence-electron chi connectivity index (χ4n) is 5.60. The highest BCUT2D eigenvalue weighted by molar-refractivity contribution is 6.09. The van der Waals surface area contributed by atoms with Gasteiger partial charge in [0.2, 0.25) is 0 Å². The van der Waals surface area contributed by atoms with Crippen LogP contribution in [-0.2, 0) is 13.1 Å². The molecule has 1 aliphatic carbocycles. The summed E-state index contributed by atoms with van der Waals surface area (Å²) in [6, 6.07) is 9.48. The predicted octanol–water partition coefficient (Wildman–Crippen LogP) is 5.78. The Morgan fingerprint density at radius 3 is 2.56 bits per heavy atom. The van der Waals surface area contributed by atoms with Gasteiger partial charge in [-0.25, -0.2) is 4.98 Å². The van der Waals surface area contributed by atoms with Crippen LogP contribution in [0.3, 0.4) is 0 Å². The number of aromatic nitrogens is 2. The van der Waals surface area contributed by atoms with Crippen LogP contribution in [0.4, 0.5) is 0 Å². The lowest BCUT2D eigenvalue weighted by atomic mass is 9.98. The number of rotatable bonds is 10. The van der Waals surface area contributed by atoms with Crippen LogP contribution in [-0.4, -0.2) is 69.2 Å². The molecular formula is C33H46N4O4. The van der Waals surface area contributed by atoms with Crippen molar-refractivity contribution in [2.75, 3.05) is 27.2 Å². The average molecular weight is 563 g/mol. The van der Waals surface area contributed by atoms with Crippen molar-refractivity contribution in [2.24, 2.45) is 5.41 Å². The molecule has 1 fully saturated rings. The maximum atomic E-state index is 13.5. The highest BCUT2D eigenvalue weighted by atomic mass is 16.5. The predicted molar refractivity (Wildman–Crippen MR) is 162 cm³/mol. The molecule has 3 aromatic rings. The second-order valence-electron chi connectivity index (χ2n) is 12.1. The molecule has 1 unspecified atom stereocenters. The van der Waals surface area contributed by atoms with E-state index in [1.165, 1.54) is 6.42 Å². The standard InChI is InChI=1S/C26H30N4O3.C7H16O/c1-16-6-5-7-18-10-19(31)11-20(23(16)18)24(32)30-12-21-17(2)27-25(28-22(21)13-30)33-15-26(8-9-26)14-29(3)4;1-3-5-6-7(8)4-2/h5-7,10-11,31H,8-9,12-15H2,1-4H3;7-8H,3-6H2,1-2H3. The summed E-state index contributed by atoms with van der Waals surface area (Å²) in [4.78, 5) is 26.7. The van der Waals surface area contributed by atoms with Crippen LogP contribution in [0.2, 0.25) is 0 Å². The first-order valence-electron chi connectivity index (χ1n) is 14.9. The summed E-state index contributed by atoms with van der Waals surface area (Å²) < 4.78 is 6.02. The number of hydrogen-bond acceptors (Lipinski definition) is 7. The second kappa shape index (κ2) is 13.2. The third-order valence-electron chi connectivity index (χ3n) is 8.13. The van der Waals surface area contributed by atoms with E-state index in [0.717, 1.165) is 71.9 Å². The Morgan fingerprint density at radius 2 is 1.90 bits per heavy atom. The fourth-order valence-corrected chi connectivity index (χ4v) is 5.60. The molecule has 5 rings (SSSR count). The molecule has 1 saturated carbocycles. The number of aliphatic hydroxyl groups excluding tert-OH is 1. The van der Waals surface area contributed by atoms with Crippen molar-refractivity contribution >= 4 is 16.7 Å². The SMILES string of the molecule is CCCCC(O)CC.Cc1nc(OCC2(CN(C)C)CC2)nc2c1CN(C(=O)c1cc(O)cc3cccc(C)c13)C2. The summed E-state index contributed by atoms with van der Waals surface area (Å²) in [5.74, 6) is -0.0282. The quantitative estimate of drug-likeness (QED) is 0.323. The highest BCUT2D eigenvalue weighted by Crippen LogP contribution is 2.46. The van der Waals surface area contributed by atoms with Gasteiger partial charge in [-0.15, -0.1) is 0 Å². The molecule has 2 aromatic carbocycles. The third kappa shape index (κ3) is 7.54. The van der Waals surface area contributed by atoms with Gasteiger partial charge in [-0.1, -0.05) is 44.9 Å². The summed E-state index contributed by atoms with van der Waals surface area (Å²) in [7, 11) is 4.16. The Kier molecular flexibility index (Phi) is 9.87. The van der Waals surface area contributed by atoms with Gasteiger partial charge in [0.05, 0.1) is 37.1 Å². The molecule has 0 radical (unpaired) electrons. The van der Waals surface area contributed by atoms with Gasteiger partial charge in [0, 0.05) is 23.2 Å². The van der Waals surface area contributed by atoms with E-state index < -0.39 is 0 Å². The van der Waals surface area contributed by atoms with E-state index in [9.17, 15) is 9.90 Å². The molecule has 2 aliphatic rings. The Morgan fingerprint density at radius 1 is 1.15 bits per heavy atom. The Balaban J connectivity index is 0.000000426. The largest absolute Gasteiger partial charge is 0.508 e. The minimum Gasteiger partial charge on any atom is -0.508 e. The van der Waals surface area contributed by atoms with Crippen LogP contribution < -0.4 is 4.74 Å². The fraction of sp³-hybridized carbons (Fsp3) is 0.545. The number of aliphatic hydroxyl groups is 1. The number of aryl methyl sites for hydroxylation is 2. The van der Waals surface area contributed by atoms with Gasteiger partial charge < -0.3 is 24.7 Å². The number of phenols is 1. The van der Waals surface area contributed by atoms with Crippen molar-refractivity contribution in [3.05, 3.63) is 58.4 Å². The monoisotopic (exact) mass is 562 g/mol. The normalized spacial score (nSPS) is 15.9. The van der Waals surface area contributed by atoms with Gasteiger partial charge in [-0.2, -0.15) is 4.98 Å². The first-order chi connectivity index (χ1) is 19.6. The van der Waals surface area contributed by atoms with E-state index in [-0.39, 0.29) is 23.2 Å². The van der Waals surface area contributed by atoms with Crippen molar-refractivity contribution in [3.63, 3.8) is 0 Å². The summed E-state index contributed by atoms with van der Waals surface area (Å²) >= 11 is 0. The topological polar surface area (TPSA) is 99.0 Å². The number of carbonyl (C=O) groups excluding carboxylic acids is 1. The second-order valence-corrected chi connectivity index (χ2v) is 12.1. The summed E-state index contributed by atoms with van der Waals surface area (Å²) in [6.07, 6.45) is 6.51. The summed E-state index contributed by atoms with van der Waals surface area (Å²) in [5.41, 5.74) is 4.38. The van der Waals surface area contributed by atoms with Crippen LogP contribution in [0.1, 0.15) is 85.2 Å². The van der Waals surface area contributed by atoms with Crippen LogP contribution in [0.15, 0.2) is 30.3 Å². The lowest BCUT2D eigenvalue weighted by Gasteiger charge is -2.20. The lowest BCUT2D eigenvalue weighted by Crippen LogP contribution is -2.28. The van der Waals surface area contributed by atoms with Crippen LogP contribution >= 0.6 is 0 Å². The van der Waals surface area contributed by atoms with Crippen molar-refractivity contribution in [3.8, 4) is 11.8 Å². The zero-order chi connectivity index (χ0) is 29.7. The summed E-state index contributed by atoms with van der Waals surface area (Å²) in [6.45, 7) is 10.5. The first kappa shape index (κ1) is 30.7. The maximum absolute atomic E-state index is 13.5. The van der Waals surface area contributed by atoms with Crippen LogP contribution in [0.25, 0.3) is 10.8 Å². The lowest BCUT2D eigenvalue weighted by molar-refractivity contribution is 0.0751. The van der Waals surface area contributed by atoms with E-state index in [1.807, 2.05) is 39.0 Å². The number of aromatic hydroxyl groups is 1. The van der Waals surface area contributed by atoms with Gasteiger partial charge in [-0.3, -0.25) is 4.79 Å². The van der Waals surface area contributed by atoms with Crippen molar-refractivity contribution in [1.82, 2.24) is 19.8 Å². The highest BCUT2D eigenvalue weighted by Gasteiger charge is 2.44. The smallest absolute Gasteiger partial charge is 0.316 e. The molecule has 8 nitrogen and oxygen atoms in total. The number of hydrogen-bond donors (Lipinski definition) is 2. The number of amides is 1. The average Bonchev–Trinajstić information content (AvgIpc) is 3.55. The van der Waals surface area contributed by atoms with E-state index in [4.69, 9.17) is 9.84 Å². The molecule has 2 heterocycles. The molecule has 8 heteroatoms. The number of unbranched alkanes of at least 4 members (excludes halogenated alkanes) is 1. The first-order valence-corrected chi connectivity index (χ1v) is 14.9. The number of fused-ring (bicyclic) bond motifs is 2. The Labute approximate surface area is 244 Å². The van der Waals surface area contributed by atoms with Crippen molar-refractivity contribution < 1.29 is 19.7 Å². The number of nitrogens with zero attached hydrogens (tertiary/aromatic N) is 4. The molecular weight excluding hydrogens is 516 g/mol. The Hall–Kier alpha value is -3.23. The van der Waals surface area contributed by atoms with E-state index in [1.54, 1.807) is 17.0 Å². The number of benzene rings is 2. The third-order valence-corrected chi connectivity index (χ3v) is 8.13. The minimum absolute atomic E-state index is 0.0463. The summed E-state index contributed by atoms with van der Waals surface area (Å²) in [5, 5.41) is 20.9. The van der Waals surface area contributed by atoms with Crippen LogP contribution in [0.5, 0.6) is 11.8 Å². The number of carbonyl (C=O) groups is 1. The molecule has 0 bridgehead atoms. The van der Waals surface area contributed by atoms with Gasteiger partial charge in [-0.05, 0) is 82.1 Å². The van der Waals surface area contributed by atoms with E-state index >= 15 is 0 Å². The van der Waals surface area contributed by atoms with Gasteiger partial charge in [0.25, 0.3) is 5.91 Å². The van der Waals surface area contributed by atoms with E-state index in [2.05, 4.69) is 35.9 Å². The molecule has 222 valence electrons. The molecule has 0 saturated heterocycles. The van der Waals surface area contributed by atoms with Crippen molar-refractivity contribution in [2.45, 2.75) is 85.4 Å². The zero-order valence-electron chi connectivity index (χ0n) is 25.5.